The van der Waals surface area contributed by atoms with Gasteiger partial charge in [-0.25, -0.2) is 0 Å². The molecule has 21 heavy (non-hydrogen) atoms. The van der Waals surface area contributed by atoms with Crippen LogP contribution in [0.25, 0.3) is 22.3 Å². The molecule has 2 aromatic rings. The van der Waals surface area contributed by atoms with E-state index in [-0.39, 0.29) is 0 Å². The zero-order chi connectivity index (χ0) is 13.6. The lowest BCUT2D eigenvalue weighted by molar-refractivity contribution is 0.912. The molecule has 100 valence electrons. The van der Waals surface area contributed by atoms with Gasteiger partial charge in [0.1, 0.15) is 0 Å². The molecular formula is C20H14S. The van der Waals surface area contributed by atoms with Crippen LogP contribution in [0, 0.1) is 0 Å². The van der Waals surface area contributed by atoms with Gasteiger partial charge in [0.15, 0.2) is 0 Å². The molecule has 2 aromatic carbocycles. The Labute approximate surface area is 127 Å². The lowest BCUT2D eigenvalue weighted by atomic mass is 9.93. The van der Waals surface area contributed by atoms with Crippen LogP contribution in [0.5, 0.6) is 0 Å². The van der Waals surface area contributed by atoms with E-state index >= 15 is 0 Å². The molecule has 4 aliphatic rings. The van der Waals surface area contributed by atoms with Crippen LogP contribution in [0.15, 0.2) is 47.9 Å². The van der Waals surface area contributed by atoms with Gasteiger partial charge in [-0.15, -0.1) is 11.8 Å². The number of hydrogen-bond donors (Lipinski definition) is 0. The lowest BCUT2D eigenvalue weighted by Gasteiger charge is -2.16. The van der Waals surface area contributed by atoms with E-state index in [1.54, 1.807) is 27.1 Å². The third-order valence-corrected chi connectivity index (χ3v) is 6.77. The highest BCUT2D eigenvalue weighted by Gasteiger charge is 2.38. The van der Waals surface area contributed by atoms with E-state index in [4.69, 9.17) is 0 Å². The second kappa shape index (κ2) is 3.53. The van der Waals surface area contributed by atoms with Crippen molar-refractivity contribution >= 4 is 22.9 Å². The van der Waals surface area contributed by atoms with Crippen LogP contribution in [-0.2, 0) is 0 Å². The van der Waals surface area contributed by atoms with E-state index < -0.39 is 0 Å². The van der Waals surface area contributed by atoms with Crippen LogP contribution in [0.4, 0.5) is 0 Å². The molecule has 1 aliphatic heterocycles. The Kier molecular flexibility index (Phi) is 1.84. The second-order valence-electron chi connectivity index (χ2n) is 6.41. The van der Waals surface area contributed by atoms with Gasteiger partial charge in [0.2, 0.25) is 0 Å². The van der Waals surface area contributed by atoms with Gasteiger partial charge in [-0.1, -0.05) is 42.5 Å². The topological polar surface area (TPSA) is 0 Å². The van der Waals surface area contributed by atoms with Gasteiger partial charge in [0.05, 0.1) is 0 Å². The fourth-order valence-electron chi connectivity index (χ4n) is 4.79. The first-order valence-corrected chi connectivity index (χ1v) is 8.69. The first kappa shape index (κ1) is 10.9. The van der Waals surface area contributed by atoms with Crippen molar-refractivity contribution in [1.29, 1.82) is 0 Å². The Morgan fingerprint density at radius 3 is 2.71 bits per heavy atom. The summed E-state index contributed by atoms with van der Waals surface area (Å²) in [6.45, 7) is 0. The maximum absolute atomic E-state index is 2.42. The average Bonchev–Trinajstić information content (AvgIpc) is 3.18. The second-order valence-corrected chi connectivity index (χ2v) is 7.46. The number of rotatable bonds is 0. The first-order valence-electron chi connectivity index (χ1n) is 7.74. The monoisotopic (exact) mass is 286 g/mol. The molecule has 0 bridgehead atoms. The minimum atomic E-state index is 0.633. The van der Waals surface area contributed by atoms with Crippen LogP contribution >= 0.6 is 11.8 Å². The Morgan fingerprint density at radius 2 is 1.76 bits per heavy atom. The minimum absolute atomic E-state index is 0.633. The Morgan fingerprint density at radius 1 is 0.857 bits per heavy atom. The van der Waals surface area contributed by atoms with Crippen molar-refractivity contribution in [2.24, 2.45) is 0 Å². The summed E-state index contributed by atoms with van der Waals surface area (Å²) in [6.07, 6.45) is 4.89. The summed E-state index contributed by atoms with van der Waals surface area (Å²) in [5.41, 5.74) is 9.33. The number of benzene rings is 2. The van der Waals surface area contributed by atoms with E-state index in [1.165, 1.54) is 29.5 Å². The fourth-order valence-corrected chi connectivity index (χ4v) is 6.03. The largest absolute Gasteiger partial charge is 0.126 e. The first-order chi connectivity index (χ1) is 10.4. The van der Waals surface area contributed by atoms with E-state index in [2.05, 4.69) is 47.9 Å². The van der Waals surface area contributed by atoms with Gasteiger partial charge in [-0.3, -0.25) is 0 Å². The molecule has 0 spiro atoms. The number of fused-ring (bicyclic) bond motifs is 6. The molecule has 2 atom stereocenters. The Bertz CT molecular complexity index is 977. The highest BCUT2D eigenvalue weighted by molar-refractivity contribution is 8.03. The van der Waals surface area contributed by atoms with Crippen LogP contribution in [0.2, 0.25) is 0 Å². The van der Waals surface area contributed by atoms with Crippen molar-refractivity contribution in [3.05, 3.63) is 69.4 Å². The maximum Gasteiger partial charge on any atom is 0.0410 e. The van der Waals surface area contributed by atoms with Crippen molar-refractivity contribution in [2.45, 2.75) is 24.0 Å². The van der Waals surface area contributed by atoms with E-state index in [0.29, 0.717) is 11.2 Å². The molecule has 0 amide bonds. The molecule has 0 fully saturated rings. The number of hydrogen-bond acceptors (Lipinski definition) is 1. The lowest BCUT2D eigenvalue weighted by Crippen LogP contribution is -2.33. The molecule has 0 N–H and O–H groups in total. The highest BCUT2D eigenvalue weighted by Crippen LogP contribution is 2.48. The Hall–Kier alpha value is -1.73. The quantitative estimate of drug-likeness (QED) is 0.714. The molecular weight excluding hydrogens is 272 g/mol. The predicted molar refractivity (Wildman–Crippen MR) is 89.5 cm³/mol. The normalized spacial score (nSPS) is 26.1. The molecule has 0 saturated heterocycles. The maximum atomic E-state index is 2.42. The van der Waals surface area contributed by atoms with Gasteiger partial charge in [0.25, 0.3) is 0 Å². The third kappa shape index (κ3) is 1.14. The van der Waals surface area contributed by atoms with Crippen molar-refractivity contribution in [3.8, 4) is 11.1 Å². The SMILES string of the molecule is C1=CC2c3ccc4c5c3=C(CCC=5c3ccccc3-4)C2S1. The highest BCUT2D eigenvalue weighted by atomic mass is 32.2. The van der Waals surface area contributed by atoms with Crippen molar-refractivity contribution in [1.82, 2.24) is 0 Å². The summed E-state index contributed by atoms with van der Waals surface area (Å²) >= 11 is 2.03. The van der Waals surface area contributed by atoms with Crippen molar-refractivity contribution in [3.63, 3.8) is 0 Å². The predicted octanol–water partition coefficient (Wildman–Crippen LogP) is 3.54. The Balaban J connectivity index is 1.84. The zero-order valence-electron chi connectivity index (χ0n) is 11.6. The molecule has 2 unspecified atom stereocenters. The summed E-state index contributed by atoms with van der Waals surface area (Å²) < 4.78 is 0. The average molecular weight is 286 g/mol. The molecule has 0 saturated carbocycles. The van der Waals surface area contributed by atoms with E-state index in [1.807, 2.05) is 11.8 Å². The summed E-state index contributed by atoms with van der Waals surface area (Å²) in [4.78, 5) is 0. The molecule has 0 aromatic heterocycles. The third-order valence-electron chi connectivity index (χ3n) is 5.59. The van der Waals surface area contributed by atoms with Crippen LogP contribution < -0.4 is 10.4 Å². The smallest absolute Gasteiger partial charge is 0.0410 e. The van der Waals surface area contributed by atoms with Crippen LogP contribution in [0.3, 0.4) is 0 Å². The summed E-state index contributed by atoms with van der Waals surface area (Å²) in [7, 11) is 0. The van der Waals surface area contributed by atoms with Crippen molar-refractivity contribution in [2.75, 3.05) is 0 Å². The van der Waals surface area contributed by atoms with E-state index in [9.17, 15) is 0 Å². The number of thioether (sulfide) groups is 1. The van der Waals surface area contributed by atoms with Gasteiger partial charge in [-0.2, -0.15) is 0 Å². The standard InChI is InChI=1S/C20H14S/c1-2-4-12-11(3-1)13-5-6-15-16-9-10-21-20(16)17-8-7-14(12)18(13)19(15)17/h1-6,9-10,16,20H,7-8H2. The van der Waals surface area contributed by atoms with Gasteiger partial charge in [0, 0.05) is 11.2 Å². The van der Waals surface area contributed by atoms with Crippen LogP contribution in [0.1, 0.15) is 29.9 Å². The molecule has 1 heteroatoms. The fraction of sp³-hybridized carbons (Fsp3) is 0.200. The summed E-state index contributed by atoms with van der Waals surface area (Å²) in [6, 6.07) is 13.7. The minimum Gasteiger partial charge on any atom is -0.126 e. The molecule has 1 heterocycles. The molecule has 6 rings (SSSR count). The van der Waals surface area contributed by atoms with Gasteiger partial charge >= 0.3 is 0 Å². The van der Waals surface area contributed by atoms with Gasteiger partial charge in [-0.05, 0) is 62.1 Å². The van der Waals surface area contributed by atoms with Crippen LogP contribution in [-0.4, -0.2) is 5.25 Å². The zero-order valence-corrected chi connectivity index (χ0v) is 12.4. The molecule has 3 aliphatic carbocycles. The summed E-state index contributed by atoms with van der Waals surface area (Å²) in [5, 5.41) is 6.21. The molecule has 0 radical (unpaired) electrons. The van der Waals surface area contributed by atoms with Gasteiger partial charge < -0.3 is 0 Å². The van der Waals surface area contributed by atoms with Crippen molar-refractivity contribution < 1.29 is 0 Å². The van der Waals surface area contributed by atoms with E-state index in [0.717, 1.165) is 0 Å². The summed E-state index contributed by atoms with van der Waals surface area (Å²) in [5.74, 6) is 0.633. The number of allylic oxidation sites excluding steroid dienone is 1. The molecule has 0 nitrogen and oxygen atoms in total.